The van der Waals surface area contributed by atoms with Crippen LogP contribution in [-0.4, -0.2) is 11.9 Å². The molecule has 1 aromatic heterocycles. The van der Waals surface area contributed by atoms with Crippen LogP contribution in [0.15, 0.2) is 54.6 Å². The molecule has 0 N–H and O–H groups in total. The van der Waals surface area contributed by atoms with Crippen molar-refractivity contribution < 1.29 is 32.2 Å². The highest BCUT2D eigenvalue weighted by atomic mass is 32.1. The van der Waals surface area contributed by atoms with Crippen molar-refractivity contribution in [2.45, 2.75) is 20.0 Å². The van der Waals surface area contributed by atoms with Crippen LogP contribution in [0.25, 0.3) is 20.2 Å². The van der Waals surface area contributed by atoms with Gasteiger partial charge in [0, 0.05) is 26.6 Å². The molecule has 0 unspecified atom stereocenters. The van der Waals surface area contributed by atoms with E-state index in [1.165, 1.54) is 32.0 Å². The van der Waals surface area contributed by atoms with Crippen molar-refractivity contribution in [2.24, 2.45) is 0 Å². The maximum absolute atomic E-state index is 13.8. The molecule has 3 rings (SSSR count). The summed E-state index contributed by atoms with van der Waals surface area (Å²) in [5, 5.41) is 0.911. The summed E-state index contributed by atoms with van der Waals surface area (Å²) >= 11 is 0.867. The smallest absolute Gasteiger partial charge is 0.421 e. The number of esters is 2. The monoisotopic (exact) mass is 420 g/mol. The molecule has 8 heteroatoms. The highest BCUT2D eigenvalue weighted by Crippen LogP contribution is 2.47. The van der Waals surface area contributed by atoms with Crippen molar-refractivity contribution in [1.29, 1.82) is 0 Å². The van der Waals surface area contributed by atoms with Crippen LogP contribution in [0.2, 0.25) is 0 Å². The van der Waals surface area contributed by atoms with Gasteiger partial charge in [0.1, 0.15) is 17.1 Å². The predicted molar refractivity (Wildman–Crippen MR) is 105 cm³/mol. The quantitative estimate of drug-likeness (QED) is 0.294. The number of carbonyl (C=O) groups excluding carboxylic acids is 2. The molecule has 0 fully saturated rings. The zero-order valence-electron chi connectivity index (χ0n) is 15.5. The van der Waals surface area contributed by atoms with Crippen LogP contribution >= 0.6 is 11.3 Å². The minimum Gasteiger partial charge on any atom is -0.423 e. The van der Waals surface area contributed by atoms with Crippen LogP contribution in [0.3, 0.4) is 0 Å². The third kappa shape index (κ3) is 4.02. The standard InChI is InChI=1S/C21H15F3O4S/c1-10(2)19(25)27-12-5-6-13-14-7-8-15(28-20(26)11(3)4)17(21(22,23)24)18(14)29-16(13)9-12/h5-9H,1,3H2,2,4H3. The lowest BCUT2D eigenvalue weighted by Gasteiger charge is -2.13. The Balaban J connectivity index is 2.19. The molecule has 0 aliphatic rings. The molecule has 0 amide bonds. The van der Waals surface area contributed by atoms with Crippen molar-refractivity contribution in [3.8, 4) is 11.5 Å². The third-order valence-electron chi connectivity index (χ3n) is 3.97. The second kappa shape index (κ2) is 7.36. The second-order valence-corrected chi connectivity index (χ2v) is 7.47. The van der Waals surface area contributed by atoms with Gasteiger partial charge in [-0.1, -0.05) is 13.2 Å². The number of benzene rings is 2. The number of alkyl halides is 3. The number of ether oxygens (including phenoxy) is 2. The van der Waals surface area contributed by atoms with E-state index in [1.54, 1.807) is 6.07 Å². The zero-order valence-corrected chi connectivity index (χ0v) is 16.3. The number of hydrogen-bond acceptors (Lipinski definition) is 5. The number of rotatable bonds is 4. The Hall–Kier alpha value is -3.13. The van der Waals surface area contributed by atoms with E-state index in [0.29, 0.717) is 15.5 Å². The fourth-order valence-corrected chi connectivity index (χ4v) is 3.89. The summed E-state index contributed by atoms with van der Waals surface area (Å²) in [5.41, 5.74) is -0.852. The van der Waals surface area contributed by atoms with E-state index in [9.17, 15) is 22.8 Å². The van der Waals surface area contributed by atoms with Crippen LogP contribution in [0, 0.1) is 0 Å². The first-order valence-electron chi connectivity index (χ1n) is 8.31. The predicted octanol–water partition coefficient (Wildman–Crippen LogP) is 6.04. The lowest BCUT2D eigenvalue weighted by molar-refractivity contribution is -0.140. The summed E-state index contributed by atoms with van der Waals surface area (Å²) in [5.74, 6) is -1.96. The Morgan fingerprint density at radius 2 is 1.52 bits per heavy atom. The van der Waals surface area contributed by atoms with E-state index in [2.05, 4.69) is 13.2 Å². The van der Waals surface area contributed by atoms with Crippen molar-refractivity contribution in [1.82, 2.24) is 0 Å². The molecule has 0 spiro atoms. The first kappa shape index (κ1) is 20.6. The van der Waals surface area contributed by atoms with Gasteiger partial charge in [-0.05, 0) is 44.2 Å². The van der Waals surface area contributed by atoms with E-state index in [1.807, 2.05) is 0 Å². The summed E-state index contributed by atoms with van der Waals surface area (Å²) < 4.78 is 51.9. The highest BCUT2D eigenvalue weighted by Gasteiger charge is 2.38. The van der Waals surface area contributed by atoms with E-state index < -0.39 is 29.4 Å². The van der Waals surface area contributed by atoms with Gasteiger partial charge in [-0.15, -0.1) is 11.3 Å². The van der Waals surface area contributed by atoms with Crippen LogP contribution in [0.5, 0.6) is 11.5 Å². The van der Waals surface area contributed by atoms with Crippen molar-refractivity contribution in [3.05, 3.63) is 60.2 Å². The molecule has 0 saturated carbocycles. The molecular formula is C21H15F3O4S. The Morgan fingerprint density at radius 1 is 0.931 bits per heavy atom. The minimum atomic E-state index is -4.75. The number of fused-ring (bicyclic) bond motifs is 3. The molecule has 29 heavy (non-hydrogen) atoms. The first-order valence-corrected chi connectivity index (χ1v) is 9.12. The number of thiophene rings is 1. The van der Waals surface area contributed by atoms with Gasteiger partial charge in [0.2, 0.25) is 0 Å². The molecule has 0 saturated heterocycles. The largest absolute Gasteiger partial charge is 0.423 e. The molecule has 3 aromatic rings. The summed E-state index contributed by atoms with van der Waals surface area (Å²) in [6, 6.07) is 7.14. The van der Waals surface area contributed by atoms with Gasteiger partial charge < -0.3 is 9.47 Å². The number of halogens is 3. The molecule has 0 aliphatic carbocycles. The van der Waals surface area contributed by atoms with Gasteiger partial charge in [-0.2, -0.15) is 13.2 Å². The minimum absolute atomic E-state index is 0.0152. The van der Waals surface area contributed by atoms with Crippen molar-refractivity contribution in [3.63, 3.8) is 0 Å². The lowest BCUT2D eigenvalue weighted by Crippen LogP contribution is -2.14. The molecule has 2 aromatic carbocycles. The van der Waals surface area contributed by atoms with Gasteiger partial charge in [-0.25, -0.2) is 9.59 Å². The van der Waals surface area contributed by atoms with E-state index in [4.69, 9.17) is 9.47 Å². The SMILES string of the molecule is C=C(C)C(=O)Oc1ccc2c(c1)sc1c(C(F)(F)F)c(OC(=O)C(=C)C)ccc12. The average Bonchev–Trinajstić information content (AvgIpc) is 2.97. The average molecular weight is 420 g/mol. The maximum atomic E-state index is 13.8. The van der Waals surface area contributed by atoms with Crippen LogP contribution in [0.1, 0.15) is 19.4 Å². The topological polar surface area (TPSA) is 52.6 Å². The molecule has 0 aliphatic heterocycles. The third-order valence-corrected chi connectivity index (χ3v) is 5.15. The van der Waals surface area contributed by atoms with Gasteiger partial charge in [-0.3, -0.25) is 0 Å². The normalized spacial score (nSPS) is 11.5. The summed E-state index contributed by atoms with van der Waals surface area (Å²) in [7, 11) is 0. The van der Waals surface area contributed by atoms with Gasteiger partial charge in [0.05, 0.1) is 4.70 Å². The Bertz CT molecular complexity index is 1190. The zero-order chi connectivity index (χ0) is 21.5. The Kier molecular flexibility index (Phi) is 5.23. The molecule has 0 bridgehead atoms. The van der Waals surface area contributed by atoms with Crippen LogP contribution in [0.4, 0.5) is 13.2 Å². The summed E-state index contributed by atoms with van der Waals surface area (Å²) in [6.07, 6.45) is -4.75. The van der Waals surface area contributed by atoms with Crippen LogP contribution in [-0.2, 0) is 15.8 Å². The maximum Gasteiger partial charge on any atom is 0.421 e. The van der Waals surface area contributed by atoms with E-state index in [-0.39, 0.29) is 21.6 Å². The van der Waals surface area contributed by atoms with E-state index >= 15 is 0 Å². The second-order valence-electron chi connectivity index (χ2n) is 6.41. The fraction of sp³-hybridized carbons (Fsp3) is 0.143. The first-order chi connectivity index (χ1) is 13.5. The molecule has 4 nitrogen and oxygen atoms in total. The lowest BCUT2D eigenvalue weighted by atomic mass is 10.1. The van der Waals surface area contributed by atoms with Gasteiger partial charge in [0.15, 0.2) is 0 Å². The van der Waals surface area contributed by atoms with Crippen molar-refractivity contribution in [2.75, 3.05) is 0 Å². The summed E-state index contributed by atoms with van der Waals surface area (Å²) in [4.78, 5) is 23.4. The highest BCUT2D eigenvalue weighted by molar-refractivity contribution is 7.26. The Labute approximate surface area is 167 Å². The number of hydrogen-bond donors (Lipinski definition) is 0. The van der Waals surface area contributed by atoms with Crippen LogP contribution < -0.4 is 9.47 Å². The molecular weight excluding hydrogens is 405 g/mol. The summed E-state index contributed by atoms with van der Waals surface area (Å²) in [6.45, 7) is 9.71. The van der Waals surface area contributed by atoms with Gasteiger partial charge >= 0.3 is 18.1 Å². The molecule has 0 atom stereocenters. The number of carbonyl (C=O) groups is 2. The molecule has 1 heterocycles. The Morgan fingerprint density at radius 3 is 2.10 bits per heavy atom. The van der Waals surface area contributed by atoms with Crippen molar-refractivity contribution >= 4 is 43.4 Å². The fourth-order valence-electron chi connectivity index (χ4n) is 2.60. The molecule has 0 radical (unpaired) electrons. The van der Waals surface area contributed by atoms with E-state index in [0.717, 1.165) is 17.4 Å². The molecule has 150 valence electrons. The van der Waals surface area contributed by atoms with Gasteiger partial charge in [0.25, 0.3) is 0 Å².